The van der Waals surface area contributed by atoms with Gasteiger partial charge in [-0.15, -0.1) is 0 Å². The third-order valence-electron chi connectivity index (χ3n) is 2.88. The molecule has 0 spiro atoms. The molecule has 1 aliphatic rings. The quantitative estimate of drug-likeness (QED) is 0.741. The van der Waals surface area contributed by atoms with Gasteiger partial charge in [-0.25, -0.2) is 17.9 Å². The maximum Gasteiger partial charge on any atom is 0.337 e. The van der Waals surface area contributed by atoms with Crippen molar-refractivity contribution in [3.05, 3.63) is 35.4 Å². The van der Waals surface area contributed by atoms with Crippen molar-refractivity contribution in [2.24, 2.45) is 5.73 Å². The van der Waals surface area contributed by atoms with E-state index in [1.165, 1.54) is 13.2 Å². The Kier molecular flexibility index (Phi) is 3.88. The molecule has 104 valence electrons. The van der Waals surface area contributed by atoms with Crippen LogP contribution in [-0.2, 0) is 20.5 Å². The van der Waals surface area contributed by atoms with E-state index >= 15 is 0 Å². The lowest BCUT2D eigenvalue weighted by molar-refractivity contribution is 0.0600. The van der Waals surface area contributed by atoms with Gasteiger partial charge in [-0.3, -0.25) is 0 Å². The standard InChI is InChI=1S/C12H16N2O4S/c1-18-12(15)9-4-2-3-8(5-9)7-19(16,17)14-11-6-10(11)13/h2-5,10-11,14H,6-7,13H2,1H3. The number of ether oxygens (including phenoxy) is 1. The molecule has 3 N–H and O–H groups in total. The lowest BCUT2D eigenvalue weighted by Gasteiger charge is -2.07. The number of rotatable bonds is 5. The van der Waals surface area contributed by atoms with Crippen LogP contribution in [0.5, 0.6) is 0 Å². The van der Waals surface area contributed by atoms with Crippen LogP contribution in [0.15, 0.2) is 24.3 Å². The minimum absolute atomic E-state index is 0.0869. The summed E-state index contributed by atoms with van der Waals surface area (Å²) in [6, 6.07) is 6.12. The van der Waals surface area contributed by atoms with E-state index in [2.05, 4.69) is 9.46 Å². The van der Waals surface area contributed by atoms with E-state index in [0.717, 1.165) is 0 Å². The summed E-state index contributed by atoms with van der Waals surface area (Å²) in [5, 5.41) is 0. The van der Waals surface area contributed by atoms with Gasteiger partial charge in [-0.05, 0) is 24.1 Å². The molecule has 0 aromatic heterocycles. The van der Waals surface area contributed by atoms with Crippen LogP contribution in [0.4, 0.5) is 0 Å². The monoisotopic (exact) mass is 284 g/mol. The fraction of sp³-hybridized carbons (Fsp3) is 0.417. The SMILES string of the molecule is COC(=O)c1cccc(CS(=O)(=O)NC2CC2N)c1. The number of hydrogen-bond donors (Lipinski definition) is 2. The Morgan fingerprint density at radius 3 is 2.79 bits per heavy atom. The Morgan fingerprint density at radius 2 is 2.21 bits per heavy atom. The van der Waals surface area contributed by atoms with Crippen LogP contribution >= 0.6 is 0 Å². The summed E-state index contributed by atoms with van der Waals surface area (Å²) in [5.41, 5.74) is 6.42. The van der Waals surface area contributed by atoms with Crippen LogP contribution in [0, 0.1) is 0 Å². The summed E-state index contributed by atoms with van der Waals surface area (Å²) in [4.78, 5) is 11.4. The zero-order chi connectivity index (χ0) is 14.0. The van der Waals surface area contributed by atoms with E-state index in [-0.39, 0.29) is 17.8 Å². The van der Waals surface area contributed by atoms with Gasteiger partial charge in [0.25, 0.3) is 0 Å². The molecule has 0 heterocycles. The molecule has 2 rings (SSSR count). The Balaban J connectivity index is 2.08. The largest absolute Gasteiger partial charge is 0.465 e. The van der Waals surface area contributed by atoms with E-state index in [9.17, 15) is 13.2 Å². The summed E-state index contributed by atoms with van der Waals surface area (Å²) in [5.74, 6) is -0.669. The van der Waals surface area contributed by atoms with E-state index in [0.29, 0.717) is 17.5 Å². The van der Waals surface area contributed by atoms with Crippen molar-refractivity contribution in [1.82, 2.24) is 4.72 Å². The number of sulfonamides is 1. The van der Waals surface area contributed by atoms with Gasteiger partial charge in [0.15, 0.2) is 0 Å². The van der Waals surface area contributed by atoms with Crippen molar-refractivity contribution in [3.8, 4) is 0 Å². The molecule has 0 amide bonds. The Hall–Kier alpha value is -1.44. The Labute approximate surface area is 112 Å². The molecular weight excluding hydrogens is 268 g/mol. The number of esters is 1. The van der Waals surface area contributed by atoms with Crippen molar-refractivity contribution in [3.63, 3.8) is 0 Å². The highest BCUT2D eigenvalue weighted by molar-refractivity contribution is 7.88. The molecule has 7 heteroatoms. The molecule has 0 bridgehead atoms. The smallest absolute Gasteiger partial charge is 0.337 e. The average Bonchev–Trinajstić information content (AvgIpc) is 3.02. The number of hydrogen-bond acceptors (Lipinski definition) is 5. The van der Waals surface area contributed by atoms with Gasteiger partial charge in [0.05, 0.1) is 18.4 Å². The predicted octanol–water partition coefficient (Wildman–Crippen LogP) is -0.00780. The highest BCUT2D eigenvalue weighted by Gasteiger charge is 2.36. The molecule has 0 radical (unpaired) electrons. The molecule has 1 saturated carbocycles. The minimum atomic E-state index is -3.44. The van der Waals surface area contributed by atoms with Crippen LogP contribution in [0.25, 0.3) is 0 Å². The van der Waals surface area contributed by atoms with Gasteiger partial charge in [-0.2, -0.15) is 0 Å². The van der Waals surface area contributed by atoms with Gasteiger partial charge >= 0.3 is 5.97 Å². The summed E-state index contributed by atoms with van der Waals surface area (Å²) in [6.07, 6.45) is 0.668. The summed E-state index contributed by atoms with van der Waals surface area (Å²) >= 11 is 0. The second kappa shape index (κ2) is 5.28. The number of nitrogens with one attached hydrogen (secondary N) is 1. The molecule has 2 atom stereocenters. The zero-order valence-corrected chi connectivity index (χ0v) is 11.3. The molecule has 6 nitrogen and oxygen atoms in total. The first-order chi connectivity index (χ1) is 8.91. The van der Waals surface area contributed by atoms with Crippen LogP contribution in [0.3, 0.4) is 0 Å². The average molecular weight is 284 g/mol. The summed E-state index contributed by atoms with van der Waals surface area (Å²) in [7, 11) is -2.16. The molecular formula is C12H16N2O4S. The molecule has 0 aliphatic heterocycles. The first kappa shape index (κ1) is 14.0. The van der Waals surface area contributed by atoms with Gasteiger partial charge in [0, 0.05) is 12.1 Å². The number of carbonyl (C=O) groups is 1. The first-order valence-electron chi connectivity index (χ1n) is 5.84. The summed E-state index contributed by atoms with van der Waals surface area (Å²) in [6.45, 7) is 0. The van der Waals surface area contributed by atoms with Gasteiger partial charge < -0.3 is 10.5 Å². The molecule has 1 fully saturated rings. The van der Waals surface area contributed by atoms with E-state index in [4.69, 9.17) is 5.73 Å². The number of methoxy groups -OCH3 is 1. The number of nitrogens with two attached hydrogens (primary N) is 1. The van der Waals surface area contributed by atoms with Crippen LogP contribution in [-0.4, -0.2) is 33.6 Å². The van der Waals surface area contributed by atoms with E-state index in [1.54, 1.807) is 18.2 Å². The first-order valence-corrected chi connectivity index (χ1v) is 7.49. The predicted molar refractivity (Wildman–Crippen MR) is 69.9 cm³/mol. The van der Waals surface area contributed by atoms with Crippen molar-refractivity contribution >= 4 is 16.0 Å². The summed E-state index contributed by atoms with van der Waals surface area (Å²) < 4.78 is 30.8. The topological polar surface area (TPSA) is 98.5 Å². The van der Waals surface area contributed by atoms with Crippen molar-refractivity contribution in [1.29, 1.82) is 0 Å². The highest BCUT2D eigenvalue weighted by Crippen LogP contribution is 2.20. The normalized spacial score (nSPS) is 22.0. The van der Waals surface area contributed by atoms with E-state index < -0.39 is 16.0 Å². The van der Waals surface area contributed by atoms with E-state index in [1.807, 2.05) is 0 Å². The molecule has 1 aromatic carbocycles. The fourth-order valence-electron chi connectivity index (χ4n) is 1.75. The Morgan fingerprint density at radius 1 is 1.53 bits per heavy atom. The van der Waals surface area contributed by atoms with Crippen LogP contribution in [0.2, 0.25) is 0 Å². The molecule has 19 heavy (non-hydrogen) atoms. The van der Waals surface area contributed by atoms with Crippen LogP contribution < -0.4 is 10.5 Å². The lowest BCUT2D eigenvalue weighted by Crippen LogP contribution is -2.30. The Bertz CT molecular complexity index is 585. The second-order valence-corrected chi connectivity index (χ2v) is 6.33. The molecule has 1 aliphatic carbocycles. The zero-order valence-electron chi connectivity index (χ0n) is 10.5. The lowest BCUT2D eigenvalue weighted by atomic mass is 10.1. The van der Waals surface area contributed by atoms with Crippen molar-refractivity contribution < 1.29 is 17.9 Å². The third-order valence-corrected chi connectivity index (χ3v) is 4.25. The number of carbonyl (C=O) groups excluding carboxylic acids is 1. The third kappa shape index (κ3) is 3.76. The molecule has 0 saturated heterocycles. The molecule has 1 aromatic rings. The van der Waals surface area contributed by atoms with Gasteiger partial charge in [0.1, 0.15) is 0 Å². The second-order valence-electron chi connectivity index (χ2n) is 4.57. The fourth-order valence-corrected chi connectivity index (χ4v) is 3.18. The van der Waals surface area contributed by atoms with Gasteiger partial charge in [0.2, 0.25) is 10.0 Å². The maximum atomic E-state index is 11.9. The number of benzene rings is 1. The van der Waals surface area contributed by atoms with Gasteiger partial charge in [-0.1, -0.05) is 12.1 Å². The van der Waals surface area contributed by atoms with Crippen molar-refractivity contribution in [2.45, 2.75) is 24.3 Å². The van der Waals surface area contributed by atoms with Crippen LogP contribution in [0.1, 0.15) is 22.3 Å². The molecule has 2 unspecified atom stereocenters. The highest BCUT2D eigenvalue weighted by atomic mass is 32.2. The minimum Gasteiger partial charge on any atom is -0.465 e. The maximum absolute atomic E-state index is 11.9. The van der Waals surface area contributed by atoms with Crippen molar-refractivity contribution in [2.75, 3.05) is 7.11 Å².